The first-order chi connectivity index (χ1) is 7.40. The summed E-state index contributed by atoms with van der Waals surface area (Å²) < 4.78 is 1.90. The van der Waals surface area contributed by atoms with Crippen molar-refractivity contribution in [3.8, 4) is 5.82 Å². The van der Waals surface area contributed by atoms with Crippen LogP contribution in [0.25, 0.3) is 5.82 Å². The van der Waals surface area contributed by atoms with Gasteiger partial charge in [0, 0.05) is 25.5 Å². The van der Waals surface area contributed by atoms with Gasteiger partial charge < -0.3 is 15.6 Å². The lowest BCUT2D eigenvalue weighted by atomic mass is 10.5. The number of rotatable bonds is 4. The molecule has 0 aliphatic rings. The summed E-state index contributed by atoms with van der Waals surface area (Å²) in [4.78, 5) is 0. The van der Waals surface area contributed by atoms with E-state index >= 15 is 0 Å². The highest BCUT2D eigenvalue weighted by atomic mass is 15.2. The number of hydrogen-bond acceptors (Lipinski definition) is 4. The third kappa shape index (κ3) is 2.32. The minimum absolute atomic E-state index is 0.584. The lowest BCUT2D eigenvalue weighted by molar-refractivity contribution is 0.909. The third-order valence-corrected chi connectivity index (χ3v) is 1.97. The second-order valence-corrected chi connectivity index (χ2v) is 3.08. The molecular weight excluding hydrogens is 190 g/mol. The van der Waals surface area contributed by atoms with E-state index in [1.54, 1.807) is 0 Å². The van der Waals surface area contributed by atoms with Gasteiger partial charge in [-0.25, -0.2) is 0 Å². The molecule has 0 aliphatic heterocycles. The third-order valence-electron chi connectivity index (χ3n) is 1.97. The van der Waals surface area contributed by atoms with E-state index in [1.165, 1.54) is 0 Å². The van der Waals surface area contributed by atoms with Gasteiger partial charge in [-0.2, -0.15) is 0 Å². The molecule has 0 atom stereocenters. The molecule has 0 spiro atoms. The van der Waals surface area contributed by atoms with Crippen molar-refractivity contribution >= 4 is 5.82 Å². The average Bonchev–Trinajstić information content (AvgIpc) is 2.80. The van der Waals surface area contributed by atoms with E-state index in [1.807, 2.05) is 41.2 Å². The SMILES string of the molecule is NCCNc1ccc(-n2cccc2)nn1. The Morgan fingerprint density at radius 3 is 2.60 bits per heavy atom. The van der Waals surface area contributed by atoms with Gasteiger partial charge in [0.25, 0.3) is 0 Å². The number of nitrogens with two attached hydrogens (primary N) is 1. The summed E-state index contributed by atoms with van der Waals surface area (Å²) in [5.74, 6) is 1.55. The van der Waals surface area contributed by atoms with Gasteiger partial charge in [-0.15, -0.1) is 10.2 Å². The van der Waals surface area contributed by atoms with Crippen LogP contribution in [0.2, 0.25) is 0 Å². The van der Waals surface area contributed by atoms with Crippen LogP contribution in [0.15, 0.2) is 36.7 Å². The molecule has 15 heavy (non-hydrogen) atoms. The predicted octanol–water partition coefficient (Wildman–Crippen LogP) is 0.638. The van der Waals surface area contributed by atoms with Crippen molar-refractivity contribution in [3.63, 3.8) is 0 Å². The molecule has 0 aromatic carbocycles. The van der Waals surface area contributed by atoms with Gasteiger partial charge in [0.05, 0.1) is 0 Å². The van der Waals surface area contributed by atoms with Crippen LogP contribution in [0.5, 0.6) is 0 Å². The summed E-state index contributed by atoms with van der Waals surface area (Å²) in [7, 11) is 0. The first kappa shape index (κ1) is 9.67. The molecule has 0 saturated heterocycles. The monoisotopic (exact) mass is 203 g/mol. The molecule has 5 nitrogen and oxygen atoms in total. The second kappa shape index (κ2) is 4.56. The van der Waals surface area contributed by atoms with Gasteiger partial charge >= 0.3 is 0 Å². The number of nitrogens with one attached hydrogen (secondary N) is 1. The predicted molar refractivity (Wildman–Crippen MR) is 58.9 cm³/mol. The molecule has 0 amide bonds. The molecule has 3 N–H and O–H groups in total. The maximum Gasteiger partial charge on any atom is 0.159 e. The Bertz CT molecular complexity index is 392. The zero-order valence-corrected chi connectivity index (χ0v) is 8.30. The molecule has 2 heterocycles. The molecule has 0 radical (unpaired) electrons. The quantitative estimate of drug-likeness (QED) is 0.765. The van der Waals surface area contributed by atoms with Gasteiger partial charge in [0.1, 0.15) is 5.82 Å². The van der Waals surface area contributed by atoms with Crippen LogP contribution in [0, 0.1) is 0 Å². The highest BCUT2D eigenvalue weighted by molar-refractivity contribution is 5.36. The van der Waals surface area contributed by atoms with Crippen molar-refractivity contribution in [2.45, 2.75) is 0 Å². The first-order valence-corrected chi connectivity index (χ1v) is 4.81. The van der Waals surface area contributed by atoms with Crippen LogP contribution in [0.1, 0.15) is 0 Å². The average molecular weight is 203 g/mol. The fourth-order valence-electron chi connectivity index (χ4n) is 1.24. The molecule has 0 aliphatic carbocycles. The Hall–Kier alpha value is -1.88. The molecule has 0 bridgehead atoms. The number of anilines is 1. The second-order valence-electron chi connectivity index (χ2n) is 3.08. The van der Waals surface area contributed by atoms with E-state index in [0.29, 0.717) is 13.1 Å². The standard InChI is InChI=1S/C10H13N5/c11-5-6-12-9-3-4-10(14-13-9)15-7-1-2-8-15/h1-4,7-8H,5-6,11H2,(H,12,13). The summed E-state index contributed by atoms with van der Waals surface area (Å²) in [6, 6.07) is 7.69. The van der Waals surface area contributed by atoms with Crippen LogP contribution in [-0.4, -0.2) is 27.9 Å². The van der Waals surface area contributed by atoms with Crippen LogP contribution in [0.3, 0.4) is 0 Å². The van der Waals surface area contributed by atoms with Gasteiger partial charge in [-0.1, -0.05) is 0 Å². The molecule has 5 heteroatoms. The normalized spacial score (nSPS) is 10.2. The Labute approximate surface area is 87.9 Å². The molecule has 0 saturated carbocycles. The molecular formula is C10H13N5. The number of aromatic nitrogens is 3. The fraction of sp³-hybridized carbons (Fsp3) is 0.200. The minimum atomic E-state index is 0.584. The van der Waals surface area contributed by atoms with E-state index in [-0.39, 0.29) is 0 Å². The van der Waals surface area contributed by atoms with Gasteiger partial charge in [0.15, 0.2) is 5.82 Å². The van der Waals surface area contributed by atoms with Crippen molar-refractivity contribution in [1.29, 1.82) is 0 Å². The van der Waals surface area contributed by atoms with Crippen LogP contribution in [0.4, 0.5) is 5.82 Å². The lowest BCUT2D eigenvalue weighted by Crippen LogP contribution is -2.14. The topological polar surface area (TPSA) is 68.8 Å². The summed E-state index contributed by atoms with van der Waals surface area (Å²) in [5.41, 5.74) is 5.37. The molecule has 2 aromatic rings. The Balaban J connectivity index is 2.11. The van der Waals surface area contributed by atoms with Crippen LogP contribution >= 0.6 is 0 Å². The van der Waals surface area contributed by atoms with E-state index in [4.69, 9.17) is 5.73 Å². The van der Waals surface area contributed by atoms with Gasteiger partial charge in [0.2, 0.25) is 0 Å². The van der Waals surface area contributed by atoms with E-state index in [9.17, 15) is 0 Å². The zero-order valence-electron chi connectivity index (χ0n) is 8.30. The molecule has 78 valence electrons. The highest BCUT2D eigenvalue weighted by Gasteiger charge is 1.97. The van der Waals surface area contributed by atoms with Crippen LogP contribution in [-0.2, 0) is 0 Å². The van der Waals surface area contributed by atoms with Crippen molar-refractivity contribution in [1.82, 2.24) is 14.8 Å². The number of hydrogen-bond donors (Lipinski definition) is 2. The Kier molecular flexibility index (Phi) is 2.94. The lowest BCUT2D eigenvalue weighted by Gasteiger charge is -2.04. The van der Waals surface area contributed by atoms with Gasteiger partial charge in [-0.3, -0.25) is 0 Å². The summed E-state index contributed by atoms with van der Waals surface area (Å²) >= 11 is 0. The largest absolute Gasteiger partial charge is 0.367 e. The van der Waals surface area contributed by atoms with Crippen molar-refractivity contribution in [2.24, 2.45) is 5.73 Å². The zero-order chi connectivity index (χ0) is 10.5. The Morgan fingerprint density at radius 1 is 1.20 bits per heavy atom. The summed E-state index contributed by atoms with van der Waals surface area (Å²) in [6.45, 7) is 1.29. The highest BCUT2D eigenvalue weighted by Crippen LogP contribution is 2.06. The van der Waals surface area contributed by atoms with Crippen molar-refractivity contribution in [2.75, 3.05) is 18.4 Å². The molecule has 2 rings (SSSR count). The summed E-state index contributed by atoms with van der Waals surface area (Å²) in [6.07, 6.45) is 3.86. The van der Waals surface area contributed by atoms with Crippen molar-refractivity contribution < 1.29 is 0 Å². The van der Waals surface area contributed by atoms with Crippen molar-refractivity contribution in [3.05, 3.63) is 36.7 Å². The first-order valence-electron chi connectivity index (χ1n) is 4.81. The number of nitrogens with zero attached hydrogens (tertiary/aromatic N) is 3. The van der Waals surface area contributed by atoms with E-state index < -0.39 is 0 Å². The van der Waals surface area contributed by atoms with Gasteiger partial charge in [-0.05, 0) is 24.3 Å². The fourth-order valence-corrected chi connectivity index (χ4v) is 1.24. The Morgan fingerprint density at radius 2 is 2.00 bits per heavy atom. The van der Waals surface area contributed by atoms with E-state index in [2.05, 4.69) is 15.5 Å². The minimum Gasteiger partial charge on any atom is -0.367 e. The maximum atomic E-state index is 5.37. The van der Waals surface area contributed by atoms with Crippen LogP contribution < -0.4 is 11.1 Å². The molecule has 0 unspecified atom stereocenters. The smallest absolute Gasteiger partial charge is 0.159 e. The molecule has 0 fully saturated rings. The summed E-state index contributed by atoms with van der Waals surface area (Å²) in [5, 5.41) is 11.2. The molecule has 2 aromatic heterocycles. The maximum absolute atomic E-state index is 5.37. The van der Waals surface area contributed by atoms with E-state index in [0.717, 1.165) is 11.6 Å².